The average Bonchev–Trinajstić information content (AvgIpc) is 1.59. The summed E-state index contributed by atoms with van der Waals surface area (Å²) >= 11 is 0. The summed E-state index contributed by atoms with van der Waals surface area (Å²) in [7, 11) is 1.43. The topological polar surface area (TPSA) is 34.1 Å². The lowest BCUT2D eigenvalue weighted by atomic mass is 10.5. The maximum absolute atomic E-state index is 10.1. The van der Waals surface area contributed by atoms with E-state index < -0.39 is 9.05 Å². The molecule has 0 radical (unpaired) electrons. The lowest BCUT2D eigenvalue weighted by Gasteiger charge is -1.84. The molecule has 0 fully saturated rings. The highest BCUT2D eigenvalue weighted by Crippen LogP contribution is 1.96. The van der Waals surface area contributed by atoms with Crippen molar-refractivity contribution in [3.63, 3.8) is 0 Å². The molecule has 0 aliphatic carbocycles. The maximum Gasteiger partial charge on any atom is 0.233 e. The van der Waals surface area contributed by atoms with Crippen LogP contribution in [0.1, 0.15) is 6.42 Å². The summed E-state index contributed by atoms with van der Waals surface area (Å²) < 4.78 is 20.1. The van der Waals surface area contributed by atoms with Crippen LogP contribution >= 0.6 is 10.7 Å². The lowest BCUT2D eigenvalue weighted by molar-refractivity contribution is 0.609. The summed E-state index contributed by atoms with van der Waals surface area (Å²) in [5, 5.41) is 0. The normalized spacial score (nSPS) is 10.5. The van der Waals surface area contributed by atoms with Gasteiger partial charge in [-0.3, -0.25) is 0 Å². The molecule has 0 aromatic carbocycles. The van der Waals surface area contributed by atoms with E-state index in [1.165, 1.54) is 0 Å². The van der Waals surface area contributed by atoms with E-state index in [1.54, 1.807) is 0 Å². The van der Waals surface area contributed by atoms with Crippen molar-refractivity contribution in [1.29, 1.82) is 0 Å². The molecule has 4 heteroatoms. The molecule has 0 bridgehead atoms. The van der Waals surface area contributed by atoms with Crippen LogP contribution in [0, 0.1) is 12.3 Å². The van der Waals surface area contributed by atoms with E-state index in [1.807, 2.05) is 0 Å². The average molecular weight is 153 g/mol. The Hall–Kier alpha value is -0.200. The van der Waals surface area contributed by atoms with Crippen molar-refractivity contribution < 1.29 is 8.42 Å². The van der Waals surface area contributed by atoms with Crippen molar-refractivity contribution >= 4 is 19.7 Å². The van der Waals surface area contributed by atoms with Crippen LogP contribution in [0.5, 0.6) is 0 Å². The highest BCUT2D eigenvalue weighted by Gasteiger charge is 2.00. The van der Waals surface area contributed by atoms with Crippen molar-refractivity contribution in [1.82, 2.24) is 0 Å². The molecule has 0 spiro atoms. The van der Waals surface area contributed by atoms with Gasteiger partial charge in [0.25, 0.3) is 0 Å². The Balaban J connectivity index is 3.63. The van der Waals surface area contributed by atoms with Crippen LogP contribution in [0.25, 0.3) is 0 Å². The Bertz CT molecular complexity index is 187. The van der Waals surface area contributed by atoms with Gasteiger partial charge in [-0.1, -0.05) is 0 Å². The molecule has 0 rings (SSSR count). The first-order chi connectivity index (χ1) is 3.56. The molecular formula is C4H5ClO2S. The molecule has 0 atom stereocenters. The minimum atomic E-state index is -3.36. The molecule has 0 aromatic heterocycles. The van der Waals surface area contributed by atoms with Crippen LogP contribution in [0.15, 0.2) is 0 Å². The minimum Gasteiger partial charge on any atom is -0.212 e. The summed E-state index contributed by atoms with van der Waals surface area (Å²) in [6, 6.07) is 0. The molecule has 0 aromatic rings. The lowest BCUT2D eigenvalue weighted by Crippen LogP contribution is -1.94. The Morgan fingerprint density at radius 1 is 1.62 bits per heavy atom. The molecule has 46 valence electrons. The van der Waals surface area contributed by atoms with Crippen molar-refractivity contribution in [3.8, 4) is 12.3 Å². The predicted molar refractivity (Wildman–Crippen MR) is 33.1 cm³/mol. The first-order valence-electron chi connectivity index (χ1n) is 1.92. The highest BCUT2D eigenvalue weighted by molar-refractivity contribution is 8.13. The number of hydrogen-bond acceptors (Lipinski definition) is 2. The van der Waals surface area contributed by atoms with E-state index in [0.29, 0.717) is 0 Å². The van der Waals surface area contributed by atoms with E-state index in [-0.39, 0.29) is 12.2 Å². The number of terminal acetylenes is 1. The van der Waals surface area contributed by atoms with Gasteiger partial charge in [-0.05, 0) is 0 Å². The zero-order valence-electron chi connectivity index (χ0n) is 4.09. The van der Waals surface area contributed by atoms with Gasteiger partial charge in [0.15, 0.2) is 0 Å². The standard InChI is InChI=1S/C4H5ClO2S/c1-2-3-4-8(5,6)7/h1H,3-4H2. The van der Waals surface area contributed by atoms with Gasteiger partial charge in [0.2, 0.25) is 9.05 Å². The van der Waals surface area contributed by atoms with Gasteiger partial charge in [0, 0.05) is 17.1 Å². The number of rotatable bonds is 2. The van der Waals surface area contributed by atoms with Gasteiger partial charge < -0.3 is 0 Å². The fourth-order valence-electron chi connectivity index (χ4n) is 0.181. The molecule has 0 aliphatic rings. The smallest absolute Gasteiger partial charge is 0.212 e. The second-order valence-electron chi connectivity index (χ2n) is 1.20. The zero-order valence-corrected chi connectivity index (χ0v) is 5.67. The van der Waals surface area contributed by atoms with E-state index in [9.17, 15) is 8.42 Å². The Labute approximate surface area is 53.3 Å². The second kappa shape index (κ2) is 2.95. The Morgan fingerprint density at radius 3 is 2.25 bits per heavy atom. The minimum absolute atomic E-state index is 0.134. The molecule has 0 N–H and O–H groups in total. The van der Waals surface area contributed by atoms with Gasteiger partial charge in [-0.25, -0.2) is 8.42 Å². The van der Waals surface area contributed by atoms with Gasteiger partial charge in [-0.15, -0.1) is 12.3 Å². The SMILES string of the molecule is C#CCCS(=O)(=O)Cl. The van der Waals surface area contributed by atoms with Crippen LogP contribution in [-0.2, 0) is 9.05 Å². The largest absolute Gasteiger partial charge is 0.233 e. The fraction of sp³-hybridized carbons (Fsp3) is 0.500. The van der Waals surface area contributed by atoms with Crippen molar-refractivity contribution in [3.05, 3.63) is 0 Å². The van der Waals surface area contributed by atoms with Gasteiger partial charge in [0.1, 0.15) is 0 Å². The third-order valence-corrected chi connectivity index (χ3v) is 1.64. The van der Waals surface area contributed by atoms with Crippen molar-refractivity contribution in [2.75, 3.05) is 5.75 Å². The number of hydrogen-bond donors (Lipinski definition) is 0. The van der Waals surface area contributed by atoms with E-state index in [0.717, 1.165) is 0 Å². The third kappa shape index (κ3) is 5.80. The molecular weight excluding hydrogens is 148 g/mol. The van der Waals surface area contributed by atoms with Crippen molar-refractivity contribution in [2.45, 2.75) is 6.42 Å². The van der Waals surface area contributed by atoms with Crippen LogP contribution in [0.4, 0.5) is 0 Å². The van der Waals surface area contributed by atoms with Crippen LogP contribution < -0.4 is 0 Å². The maximum atomic E-state index is 10.1. The van der Waals surface area contributed by atoms with Crippen LogP contribution in [-0.4, -0.2) is 14.2 Å². The van der Waals surface area contributed by atoms with Crippen molar-refractivity contribution in [2.24, 2.45) is 0 Å². The van der Waals surface area contributed by atoms with E-state index in [2.05, 4.69) is 5.92 Å². The molecule has 0 aliphatic heterocycles. The molecule has 0 unspecified atom stereocenters. The predicted octanol–water partition coefficient (Wildman–Crippen LogP) is 0.578. The summed E-state index contributed by atoms with van der Waals surface area (Å²) in [4.78, 5) is 0. The first kappa shape index (κ1) is 7.80. The molecule has 0 amide bonds. The van der Waals surface area contributed by atoms with Crippen LogP contribution in [0.3, 0.4) is 0 Å². The molecule has 2 nitrogen and oxygen atoms in total. The van der Waals surface area contributed by atoms with E-state index in [4.69, 9.17) is 17.1 Å². The Morgan fingerprint density at radius 2 is 2.12 bits per heavy atom. The van der Waals surface area contributed by atoms with Crippen LogP contribution in [0.2, 0.25) is 0 Å². The summed E-state index contributed by atoms with van der Waals surface area (Å²) in [6.07, 6.45) is 4.95. The Kier molecular flexibility index (Phi) is 2.88. The first-order valence-corrected chi connectivity index (χ1v) is 4.40. The molecule has 0 heterocycles. The molecule has 0 saturated heterocycles. The zero-order chi connectivity index (χ0) is 6.62. The highest BCUT2D eigenvalue weighted by atomic mass is 35.7. The van der Waals surface area contributed by atoms with Gasteiger partial charge in [0.05, 0.1) is 5.75 Å². The van der Waals surface area contributed by atoms with E-state index >= 15 is 0 Å². The summed E-state index contributed by atoms with van der Waals surface area (Å²) in [5.41, 5.74) is 0. The molecule has 0 saturated carbocycles. The van der Waals surface area contributed by atoms with Gasteiger partial charge in [-0.2, -0.15) is 0 Å². The summed E-state index contributed by atoms with van der Waals surface area (Å²) in [5.74, 6) is 2.03. The fourth-order valence-corrected chi connectivity index (χ4v) is 0.774. The number of halogens is 1. The molecule has 8 heavy (non-hydrogen) atoms. The second-order valence-corrected chi connectivity index (χ2v) is 4.09. The van der Waals surface area contributed by atoms with Gasteiger partial charge >= 0.3 is 0 Å². The summed E-state index contributed by atoms with van der Waals surface area (Å²) in [6.45, 7) is 0. The monoisotopic (exact) mass is 152 g/mol. The third-order valence-electron chi connectivity index (χ3n) is 0.490. The quantitative estimate of drug-likeness (QED) is 0.429.